The van der Waals surface area contributed by atoms with E-state index in [1.807, 2.05) is 33.8 Å². The van der Waals surface area contributed by atoms with Gasteiger partial charge in [-0.15, -0.1) is 0 Å². The molecule has 1 heterocycles. The van der Waals surface area contributed by atoms with Crippen molar-refractivity contribution in [2.75, 3.05) is 0 Å². The van der Waals surface area contributed by atoms with Crippen LogP contribution in [0.25, 0.3) is 0 Å². The molecule has 1 N–H and O–H groups in total. The molecule has 3 rings (SSSR count). The van der Waals surface area contributed by atoms with Crippen molar-refractivity contribution in [1.82, 2.24) is 0 Å². The molecule has 0 amide bonds. The van der Waals surface area contributed by atoms with Gasteiger partial charge >= 0.3 is 6.11 Å². The first kappa shape index (κ1) is 16.3. The summed E-state index contributed by atoms with van der Waals surface area (Å²) >= 11 is 0. The molecule has 0 fully saturated rings. The highest BCUT2D eigenvalue weighted by Gasteiger charge is 2.52. The van der Waals surface area contributed by atoms with Crippen LogP contribution in [0.3, 0.4) is 0 Å². The lowest BCUT2D eigenvalue weighted by molar-refractivity contribution is -0.229. The number of halogens is 2. The Bertz CT molecular complexity index is 662. The third-order valence-electron chi connectivity index (χ3n) is 5.54. The summed E-state index contributed by atoms with van der Waals surface area (Å²) in [5, 5.41) is 10.5. The van der Waals surface area contributed by atoms with Crippen molar-refractivity contribution < 1.29 is 18.6 Å². The first-order valence-electron chi connectivity index (χ1n) is 8.27. The molecule has 0 bridgehead atoms. The summed E-state index contributed by atoms with van der Waals surface area (Å²) in [6.45, 7) is 8.05. The molecule has 0 saturated heterocycles. The highest BCUT2D eigenvalue weighted by Crippen LogP contribution is 2.55. The highest BCUT2D eigenvalue weighted by molar-refractivity contribution is 5.54. The molecule has 2 nitrogen and oxygen atoms in total. The minimum absolute atomic E-state index is 0.0653. The predicted octanol–water partition coefficient (Wildman–Crippen LogP) is 5.50. The second-order valence-electron chi connectivity index (χ2n) is 7.49. The molecule has 23 heavy (non-hydrogen) atoms. The van der Waals surface area contributed by atoms with Crippen LogP contribution in [0, 0.1) is 5.92 Å². The maximum atomic E-state index is 14.5. The number of rotatable bonds is 2. The summed E-state index contributed by atoms with van der Waals surface area (Å²) in [6, 6.07) is 3.39. The van der Waals surface area contributed by atoms with Crippen molar-refractivity contribution in [3.8, 4) is 11.5 Å². The molecule has 1 aromatic carbocycles. The summed E-state index contributed by atoms with van der Waals surface area (Å²) in [5.41, 5.74) is 2.21. The van der Waals surface area contributed by atoms with Crippen LogP contribution >= 0.6 is 0 Å². The summed E-state index contributed by atoms with van der Waals surface area (Å²) in [6.07, 6.45) is 0.537. The second-order valence-corrected chi connectivity index (χ2v) is 7.49. The van der Waals surface area contributed by atoms with Crippen LogP contribution in [0.2, 0.25) is 0 Å². The Morgan fingerprint density at radius 3 is 2.70 bits per heavy atom. The largest absolute Gasteiger partial charge is 0.507 e. The van der Waals surface area contributed by atoms with Gasteiger partial charge in [-0.3, -0.25) is 0 Å². The Balaban J connectivity index is 2.17. The highest BCUT2D eigenvalue weighted by atomic mass is 19.3. The summed E-state index contributed by atoms with van der Waals surface area (Å²) in [4.78, 5) is 0. The van der Waals surface area contributed by atoms with E-state index in [9.17, 15) is 13.9 Å². The molecular formula is C19H24F2O2. The van der Waals surface area contributed by atoms with E-state index < -0.39 is 17.9 Å². The molecule has 1 aliphatic heterocycles. The molecule has 2 aliphatic rings. The van der Waals surface area contributed by atoms with Crippen molar-refractivity contribution in [2.45, 2.75) is 64.4 Å². The van der Waals surface area contributed by atoms with Gasteiger partial charge in [0.25, 0.3) is 0 Å². The molecule has 2 atom stereocenters. The van der Waals surface area contributed by atoms with Crippen molar-refractivity contribution >= 4 is 0 Å². The van der Waals surface area contributed by atoms with E-state index in [0.717, 1.165) is 17.6 Å². The minimum atomic E-state index is -3.20. The lowest BCUT2D eigenvalue weighted by Crippen LogP contribution is -2.43. The van der Waals surface area contributed by atoms with Crippen molar-refractivity contribution in [2.24, 2.45) is 5.92 Å². The van der Waals surface area contributed by atoms with Crippen molar-refractivity contribution in [1.29, 1.82) is 0 Å². The number of alkyl halides is 2. The van der Waals surface area contributed by atoms with Gasteiger partial charge in [-0.2, -0.15) is 8.78 Å². The van der Waals surface area contributed by atoms with Crippen LogP contribution < -0.4 is 4.74 Å². The fourth-order valence-corrected chi connectivity index (χ4v) is 3.58. The first-order valence-corrected chi connectivity index (χ1v) is 8.27. The number of benzene rings is 1. The van der Waals surface area contributed by atoms with Gasteiger partial charge in [0.2, 0.25) is 0 Å². The number of fused-ring (bicyclic) bond motifs is 3. The maximum absolute atomic E-state index is 14.5. The van der Waals surface area contributed by atoms with Crippen LogP contribution in [0.1, 0.15) is 64.0 Å². The van der Waals surface area contributed by atoms with Crippen LogP contribution in [0.5, 0.6) is 11.5 Å². The van der Waals surface area contributed by atoms with Crippen molar-refractivity contribution in [3.05, 3.63) is 34.9 Å². The zero-order valence-corrected chi connectivity index (χ0v) is 14.1. The van der Waals surface area contributed by atoms with Gasteiger partial charge in [0.1, 0.15) is 11.5 Å². The van der Waals surface area contributed by atoms with Gasteiger partial charge in [0.05, 0.1) is 5.92 Å². The number of aromatic hydroxyl groups is 1. The average Bonchev–Trinajstić information content (AvgIpc) is 2.45. The number of allylic oxidation sites excluding steroid dienone is 2. The average molecular weight is 322 g/mol. The number of phenols is 1. The summed E-state index contributed by atoms with van der Waals surface area (Å²) < 4.78 is 34.0. The van der Waals surface area contributed by atoms with Crippen molar-refractivity contribution in [3.63, 3.8) is 0 Å². The fraction of sp³-hybridized carbons (Fsp3) is 0.579. The molecule has 0 aromatic heterocycles. The Morgan fingerprint density at radius 2 is 2.04 bits per heavy atom. The van der Waals surface area contributed by atoms with Crippen LogP contribution in [0.4, 0.5) is 8.78 Å². The molecular weight excluding hydrogens is 298 g/mol. The predicted molar refractivity (Wildman–Crippen MR) is 86.2 cm³/mol. The van der Waals surface area contributed by atoms with Crippen LogP contribution in [-0.4, -0.2) is 11.2 Å². The third kappa shape index (κ3) is 2.62. The van der Waals surface area contributed by atoms with Gasteiger partial charge in [-0.05, 0) is 49.3 Å². The Morgan fingerprint density at radius 1 is 1.35 bits per heavy atom. The van der Waals surface area contributed by atoms with E-state index in [1.54, 1.807) is 12.1 Å². The SMILES string of the molecule is CCC(C)(C)c1cc(O)c2c(c1)OC(F)(F)C1CCC(C)=CC21. The smallest absolute Gasteiger partial charge is 0.401 e. The lowest BCUT2D eigenvalue weighted by atomic mass is 9.73. The third-order valence-corrected chi connectivity index (χ3v) is 5.54. The molecule has 0 spiro atoms. The van der Waals surface area contributed by atoms with Gasteiger partial charge in [0, 0.05) is 11.5 Å². The standard InChI is InChI=1S/C19H24F2O2/c1-5-18(3,4)12-9-15(22)17-13-8-11(2)6-7-14(13)19(20,21)23-16(17)10-12/h8-10,13-14,22H,5-7H2,1-4H3. The fourth-order valence-electron chi connectivity index (χ4n) is 3.58. The summed E-state index contributed by atoms with van der Waals surface area (Å²) in [5.74, 6) is -1.20. The molecule has 126 valence electrons. The maximum Gasteiger partial charge on any atom is 0.401 e. The van der Waals surface area contributed by atoms with Crippen LogP contribution in [-0.2, 0) is 5.41 Å². The molecule has 1 aliphatic carbocycles. The number of hydrogen-bond acceptors (Lipinski definition) is 2. The monoisotopic (exact) mass is 322 g/mol. The quantitative estimate of drug-likeness (QED) is 0.728. The first-order chi connectivity index (χ1) is 10.7. The Hall–Kier alpha value is -1.58. The zero-order chi connectivity index (χ0) is 17.0. The van der Waals surface area contributed by atoms with E-state index >= 15 is 0 Å². The lowest BCUT2D eigenvalue weighted by Gasteiger charge is -2.41. The summed E-state index contributed by atoms with van der Waals surface area (Å²) in [7, 11) is 0. The van der Waals surface area contributed by atoms with E-state index in [0.29, 0.717) is 18.4 Å². The molecule has 4 heteroatoms. The molecule has 2 unspecified atom stereocenters. The minimum Gasteiger partial charge on any atom is -0.507 e. The second kappa shape index (κ2) is 5.22. The Labute approximate surface area is 136 Å². The number of phenolic OH excluding ortho intramolecular Hbond substituents is 1. The van der Waals surface area contributed by atoms with Gasteiger partial charge in [0.15, 0.2) is 0 Å². The van der Waals surface area contributed by atoms with E-state index in [1.165, 1.54) is 0 Å². The van der Waals surface area contributed by atoms with Crippen LogP contribution in [0.15, 0.2) is 23.8 Å². The molecule has 0 radical (unpaired) electrons. The van der Waals surface area contributed by atoms with Gasteiger partial charge < -0.3 is 9.84 Å². The number of ether oxygens (including phenoxy) is 1. The topological polar surface area (TPSA) is 29.5 Å². The Kier molecular flexibility index (Phi) is 3.69. The van der Waals surface area contributed by atoms with Gasteiger partial charge in [-0.1, -0.05) is 32.4 Å². The normalized spacial score (nSPS) is 25.9. The zero-order valence-electron chi connectivity index (χ0n) is 14.1. The van der Waals surface area contributed by atoms with E-state index in [-0.39, 0.29) is 16.9 Å². The molecule has 1 aromatic rings. The van der Waals surface area contributed by atoms with E-state index in [2.05, 4.69) is 0 Å². The van der Waals surface area contributed by atoms with E-state index in [4.69, 9.17) is 4.74 Å². The van der Waals surface area contributed by atoms with Gasteiger partial charge in [-0.25, -0.2) is 0 Å². The number of hydrogen-bond donors (Lipinski definition) is 1. The molecule has 0 saturated carbocycles.